The molecule has 0 aromatic heterocycles. The van der Waals surface area contributed by atoms with Crippen LogP contribution in [0.25, 0.3) is 0 Å². The molecule has 0 aromatic carbocycles. The fourth-order valence-corrected chi connectivity index (χ4v) is 2.46. The average Bonchev–Trinajstić information content (AvgIpc) is 2.25. The Kier molecular flexibility index (Phi) is 7.40. The fraction of sp³-hybridized carbons (Fsp3) is 0.769. The van der Waals surface area contributed by atoms with Crippen LogP contribution < -0.4 is 5.32 Å². The van der Waals surface area contributed by atoms with Gasteiger partial charge in [-0.2, -0.15) is 8.42 Å². The highest BCUT2D eigenvalue weighted by Gasteiger charge is 2.25. The second kappa shape index (κ2) is 7.75. The van der Waals surface area contributed by atoms with Crippen LogP contribution in [0.4, 0.5) is 0 Å². The van der Waals surface area contributed by atoms with Gasteiger partial charge in [-0.05, 0) is 12.0 Å². The van der Waals surface area contributed by atoms with Crippen LogP contribution in [0.5, 0.6) is 0 Å². The Hall–Kier alpha value is -0.920. The summed E-state index contributed by atoms with van der Waals surface area (Å²) >= 11 is 0. The molecule has 0 aromatic rings. The first-order valence-corrected chi connectivity index (χ1v) is 8.28. The van der Waals surface area contributed by atoms with Gasteiger partial charge in [0.1, 0.15) is 0 Å². The number of amides is 1. The van der Waals surface area contributed by atoms with Gasteiger partial charge in [0.15, 0.2) is 0 Å². The molecule has 0 saturated carbocycles. The maximum absolute atomic E-state index is 11.4. The molecule has 20 heavy (non-hydrogen) atoms. The largest absolute Gasteiger partial charge is 0.344 e. The van der Waals surface area contributed by atoms with Gasteiger partial charge in [-0.3, -0.25) is 9.35 Å². The molecule has 0 aliphatic carbocycles. The predicted molar refractivity (Wildman–Crippen MR) is 79.8 cm³/mol. The predicted octanol–water partition coefficient (Wildman–Crippen LogP) is 0.668. The molecule has 1 amide bonds. The lowest BCUT2D eigenvalue weighted by atomic mass is 10.0. The Morgan fingerprint density at radius 1 is 1.40 bits per heavy atom. The van der Waals surface area contributed by atoms with Gasteiger partial charge in [0.05, 0.1) is 39.0 Å². The molecule has 0 heterocycles. The third-order valence-electron chi connectivity index (χ3n) is 3.17. The van der Waals surface area contributed by atoms with E-state index in [4.69, 9.17) is 4.55 Å². The molecular weight excluding hydrogens is 280 g/mol. The Bertz CT molecular complexity index is 430. The zero-order valence-electron chi connectivity index (χ0n) is 12.8. The highest BCUT2D eigenvalue weighted by molar-refractivity contribution is 7.85. The van der Waals surface area contributed by atoms with E-state index in [1.165, 1.54) is 6.08 Å². The summed E-state index contributed by atoms with van der Waals surface area (Å²) in [7, 11) is 0.0360. The van der Waals surface area contributed by atoms with Crippen molar-refractivity contribution in [1.82, 2.24) is 5.32 Å². The molecule has 0 spiro atoms. The molecule has 1 atom stereocenters. The van der Waals surface area contributed by atoms with Crippen molar-refractivity contribution in [2.24, 2.45) is 5.92 Å². The highest BCUT2D eigenvalue weighted by atomic mass is 32.2. The Labute approximate surface area is 122 Å². The van der Waals surface area contributed by atoms with E-state index in [1.807, 2.05) is 27.9 Å². The SMILES string of the molecule is C=CC(=O)NC(C[N+](C)(C)CCCS(=O)(=O)O)C(C)C. The number of carbonyl (C=O) groups is 1. The Morgan fingerprint density at radius 3 is 2.35 bits per heavy atom. The van der Waals surface area contributed by atoms with E-state index in [9.17, 15) is 13.2 Å². The van der Waals surface area contributed by atoms with Crippen LogP contribution in [0.2, 0.25) is 0 Å². The second-order valence-electron chi connectivity index (χ2n) is 6.04. The summed E-state index contributed by atoms with van der Waals surface area (Å²) in [5.74, 6) is -0.181. The smallest absolute Gasteiger partial charge is 0.265 e. The van der Waals surface area contributed by atoms with E-state index in [2.05, 4.69) is 11.9 Å². The molecule has 0 aliphatic rings. The Morgan fingerprint density at radius 2 is 1.95 bits per heavy atom. The van der Waals surface area contributed by atoms with Gasteiger partial charge in [-0.25, -0.2) is 0 Å². The molecule has 7 heteroatoms. The number of nitrogens with one attached hydrogen (secondary N) is 1. The summed E-state index contributed by atoms with van der Waals surface area (Å²) in [6, 6.07) is -0.0127. The lowest BCUT2D eigenvalue weighted by Crippen LogP contribution is -2.53. The number of hydrogen-bond acceptors (Lipinski definition) is 3. The molecule has 118 valence electrons. The number of quaternary nitrogens is 1. The summed E-state index contributed by atoms with van der Waals surface area (Å²) in [5.41, 5.74) is 0. The van der Waals surface area contributed by atoms with Crippen molar-refractivity contribution in [3.63, 3.8) is 0 Å². The fourth-order valence-electron chi connectivity index (χ4n) is 1.96. The quantitative estimate of drug-likeness (QED) is 0.372. The lowest BCUT2D eigenvalue weighted by Gasteiger charge is -2.35. The van der Waals surface area contributed by atoms with Crippen LogP contribution in [0.15, 0.2) is 12.7 Å². The standard InChI is InChI=1S/C13H26N2O4S/c1-6-13(16)14-12(11(2)3)10-15(4,5)8-7-9-20(17,18)19/h6,11-12H,1,7-10H2,2-5H3,(H-,14,16,17,18,19)/p+1. The molecule has 0 rings (SSSR count). The van der Waals surface area contributed by atoms with Gasteiger partial charge in [0, 0.05) is 6.42 Å². The molecule has 0 saturated heterocycles. The molecule has 6 nitrogen and oxygen atoms in total. The summed E-state index contributed by atoms with van der Waals surface area (Å²) in [4.78, 5) is 11.4. The number of nitrogens with zero attached hydrogens (tertiary/aromatic N) is 1. The number of likely N-dealkylation sites (N-methyl/N-ethyl adjacent to an activating group) is 1. The number of rotatable bonds is 9. The van der Waals surface area contributed by atoms with Crippen molar-refractivity contribution in [3.05, 3.63) is 12.7 Å². The van der Waals surface area contributed by atoms with E-state index in [0.717, 1.165) is 0 Å². The zero-order valence-corrected chi connectivity index (χ0v) is 13.6. The maximum atomic E-state index is 11.4. The molecule has 2 N–H and O–H groups in total. The third kappa shape index (κ3) is 9.06. The molecule has 0 aliphatic heterocycles. The summed E-state index contributed by atoms with van der Waals surface area (Å²) < 4.78 is 30.7. The van der Waals surface area contributed by atoms with Gasteiger partial charge in [0.25, 0.3) is 10.1 Å². The van der Waals surface area contributed by atoms with Crippen LogP contribution in [-0.4, -0.2) is 62.3 Å². The molecule has 0 fully saturated rings. The van der Waals surface area contributed by atoms with Crippen LogP contribution in [0.1, 0.15) is 20.3 Å². The van der Waals surface area contributed by atoms with Gasteiger partial charge in [-0.15, -0.1) is 0 Å². The molecule has 0 radical (unpaired) electrons. The van der Waals surface area contributed by atoms with E-state index in [0.29, 0.717) is 24.0 Å². The first-order chi connectivity index (χ1) is 8.97. The summed E-state index contributed by atoms with van der Waals surface area (Å²) in [5, 5.41) is 2.89. The minimum absolute atomic E-state index is 0.0127. The number of hydrogen-bond donors (Lipinski definition) is 2. The van der Waals surface area contributed by atoms with E-state index < -0.39 is 10.1 Å². The molecule has 1 unspecified atom stereocenters. The van der Waals surface area contributed by atoms with Crippen LogP contribution in [0, 0.1) is 5.92 Å². The number of carbonyl (C=O) groups excluding carboxylic acids is 1. The first-order valence-electron chi connectivity index (χ1n) is 6.67. The summed E-state index contributed by atoms with van der Waals surface area (Å²) in [6.07, 6.45) is 1.62. The van der Waals surface area contributed by atoms with E-state index in [-0.39, 0.29) is 23.6 Å². The van der Waals surface area contributed by atoms with Crippen molar-refractivity contribution in [3.8, 4) is 0 Å². The van der Waals surface area contributed by atoms with Crippen LogP contribution in [-0.2, 0) is 14.9 Å². The molecular formula is C13H27N2O4S+. The first kappa shape index (κ1) is 19.1. The van der Waals surface area contributed by atoms with Crippen molar-refractivity contribution >= 4 is 16.0 Å². The van der Waals surface area contributed by atoms with E-state index >= 15 is 0 Å². The maximum Gasteiger partial charge on any atom is 0.265 e. The summed E-state index contributed by atoms with van der Waals surface area (Å²) in [6.45, 7) is 8.76. The monoisotopic (exact) mass is 307 g/mol. The highest BCUT2D eigenvalue weighted by Crippen LogP contribution is 2.09. The third-order valence-corrected chi connectivity index (χ3v) is 3.98. The zero-order chi connectivity index (χ0) is 16.0. The van der Waals surface area contributed by atoms with Crippen molar-refractivity contribution in [2.75, 3.05) is 32.9 Å². The molecule has 0 bridgehead atoms. The topological polar surface area (TPSA) is 83.5 Å². The Balaban J connectivity index is 4.51. The van der Waals surface area contributed by atoms with Gasteiger partial charge in [0.2, 0.25) is 5.91 Å². The van der Waals surface area contributed by atoms with Crippen molar-refractivity contribution < 1.29 is 22.2 Å². The van der Waals surface area contributed by atoms with Gasteiger partial charge in [-0.1, -0.05) is 20.4 Å². The minimum atomic E-state index is -3.91. The van der Waals surface area contributed by atoms with Gasteiger partial charge >= 0.3 is 0 Å². The second-order valence-corrected chi connectivity index (χ2v) is 7.62. The lowest BCUT2D eigenvalue weighted by molar-refractivity contribution is -0.891. The van der Waals surface area contributed by atoms with Gasteiger partial charge < -0.3 is 9.80 Å². The van der Waals surface area contributed by atoms with E-state index in [1.54, 1.807) is 0 Å². The minimum Gasteiger partial charge on any atom is -0.344 e. The van der Waals surface area contributed by atoms with Crippen molar-refractivity contribution in [1.29, 1.82) is 0 Å². The average molecular weight is 307 g/mol. The van der Waals surface area contributed by atoms with Crippen LogP contribution in [0.3, 0.4) is 0 Å². The van der Waals surface area contributed by atoms with Crippen LogP contribution >= 0.6 is 0 Å². The normalized spacial score (nSPS) is 14.1. The van der Waals surface area contributed by atoms with Crippen molar-refractivity contribution in [2.45, 2.75) is 26.3 Å².